The number of carbonyl (C=O) groups excluding carboxylic acids is 1. The van der Waals surface area contributed by atoms with Crippen LogP contribution in [0.3, 0.4) is 0 Å². The van der Waals surface area contributed by atoms with Crippen LogP contribution in [0, 0.1) is 17.2 Å². The maximum atomic E-state index is 12.7. The number of nitrogens with zero attached hydrogens (tertiary/aromatic N) is 1. The van der Waals surface area contributed by atoms with Crippen LogP contribution in [0.25, 0.3) is 11.1 Å². The molecule has 3 aromatic carbocycles. The first kappa shape index (κ1) is 25.0. The molecular weight excluding hydrogens is 452 g/mol. The molecule has 1 unspecified atom stereocenters. The predicted molar refractivity (Wildman–Crippen MR) is 128 cm³/mol. The first-order valence-electron chi connectivity index (χ1n) is 10.7. The van der Waals surface area contributed by atoms with Gasteiger partial charge < -0.3 is 9.47 Å². The summed E-state index contributed by atoms with van der Waals surface area (Å²) in [5.74, 6) is -0.218. The molecule has 8 heteroatoms. The molecule has 3 rings (SSSR count). The van der Waals surface area contributed by atoms with E-state index < -0.39 is 22.0 Å². The van der Waals surface area contributed by atoms with E-state index in [0.717, 1.165) is 16.7 Å². The highest BCUT2D eigenvalue weighted by atomic mass is 32.2. The van der Waals surface area contributed by atoms with E-state index in [4.69, 9.17) is 14.7 Å². The Bertz CT molecular complexity index is 1280. The number of benzene rings is 3. The fraction of sp³-hybridized carbons (Fsp3) is 0.231. The molecule has 176 valence electrons. The molecule has 0 spiro atoms. The molecule has 1 N–H and O–H groups in total. The second-order valence-corrected chi connectivity index (χ2v) is 9.73. The molecule has 34 heavy (non-hydrogen) atoms. The summed E-state index contributed by atoms with van der Waals surface area (Å²) in [6, 6.07) is 22.2. The van der Waals surface area contributed by atoms with E-state index in [1.54, 1.807) is 38.1 Å². The molecule has 7 nitrogen and oxygen atoms in total. The number of carbonyl (C=O) groups is 1. The number of nitrogens with one attached hydrogen (secondary N) is 1. The van der Waals surface area contributed by atoms with E-state index in [2.05, 4.69) is 10.8 Å². The fourth-order valence-electron chi connectivity index (χ4n) is 3.29. The molecule has 0 aliphatic carbocycles. The average Bonchev–Trinajstić information content (AvgIpc) is 2.86. The van der Waals surface area contributed by atoms with Gasteiger partial charge in [-0.15, -0.1) is 0 Å². The highest BCUT2D eigenvalue weighted by Gasteiger charge is 2.29. The van der Waals surface area contributed by atoms with Crippen molar-refractivity contribution in [2.24, 2.45) is 5.92 Å². The zero-order chi connectivity index (χ0) is 24.7. The third kappa shape index (κ3) is 6.22. The zero-order valence-electron chi connectivity index (χ0n) is 19.2. The quantitative estimate of drug-likeness (QED) is 0.460. The number of nitriles is 1. The van der Waals surface area contributed by atoms with Crippen LogP contribution in [0.4, 0.5) is 0 Å². The lowest BCUT2D eigenvalue weighted by Gasteiger charge is -2.19. The van der Waals surface area contributed by atoms with Crippen LogP contribution in [0.15, 0.2) is 77.7 Å². The summed E-state index contributed by atoms with van der Waals surface area (Å²) in [6.07, 6.45) is 0. The Kier molecular flexibility index (Phi) is 8.05. The summed E-state index contributed by atoms with van der Waals surface area (Å²) < 4.78 is 38.4. The van der Waals surface area contributed by atoms with Crippen LogP contribution >= 0.6 is 0 Å². The number of methoxy groups -OCH3 is 1. The molecular formula is C26H26N2O5S. The van der Waals surface area contributed by atoms with Crippen molar-refractivity contribution in [3.05, 3.63) is 83.9 Å². The molecule has 0 radical (unpaired) electrons. The maximum absolute atomic E-state index is 12.7. The van der Waals surface area contributed by atoms with Gasteiger partial charge in [0.2, 0.25) is 10.0 Å². The van der Waals surface area contributed by atoms with E-state index in [0.29, 0.717) is 17.9 Å². The highest BCUT2D eigenvalue weighted by Crippen LogP contribution is 2.25. The average molecular weight is 479 g/mol. The van der Waals surface area contributed by atoms with Gasteiger partial charge in [0.05, 0.1) is 23.6 Å². The number of rotatable bonds is 9. The van der Waals surface area contributed by atoms with E-state index >= 15 is 0 Å². The minimum Gasteiger partial charge on any atom is -0.489 e. The third-order valence-corrected chi connectivity index (χ3v) is 6.67. The van der Waals surface area contributed by atoms with Gasteiger partial charge in [0.15, 0.2) is 0 Å². The van der Waals surface area contributed by atoms with E-state index in [9.17, 15) is 13.2 Å². The molecule has 0 bridgehead atoms. The van der Waals surface area contributed by atoms with Crippen molar-refractivity contribution < 1.29 is 22.7 Å². The van der Waals surface area contributed by atoms with E-state index in [1.165, 1.54) is 19.2 Å². The number of hydrogen-bond acceptors (Lipinski definition) is 6. The Morgan fingerprint density at radius 3 is 2.18 bits per heavy atom. The van der Waals surface area contributed by atoms with Crippen molar-refractivity contribution in [2.45, 2.75) is 31.4 Å². The van der Waals surface area contributed by atoms with Crippen molar-refractivity contribution >= 4 is 16.0 Å². The molecule has 1 atom stereocenters. The molecule has 0 heterocycles. The molecule has 0 aromatic heterocycles. The van der Waals surface area contributed by atoms with Crippen molar-refractivity contribution in [1.29, 1.82) is 5.26 Å². The van der Waals surface area contributed by atoms with Gasteiger partial charge in [0, 0.05) is 0 Å². The van der Waals surface area contributed by atoms with Gasteiger partial charge in [0.25, 0.3) is 0 Å². The number of esters is 1. The molecule has 3 aromatic rings. The van der Waals surface area contributed by atoms with Crippen molar-refractivity contribution in [3.8, 4) is 22.9 Å². The summed E-state index contributed by atoms with van der Waals surface area (Å²) in [5.41, 5.74) is 3.22. The van der Waals surface area contributed by atoms with Gasteiger partial charge in [-0.3, -0.25) is 4.79 Å². The standard InChI is InChI=1S/C26H26N2O5S/c1-18(2)25(26(29)32-3)28-34(30,31)24-13-9-22(10-14-24)21-7-11-23(12-8-21)33-17-20-6-4-5-19(15-20)16-27/h4-15,18,25,28H,17H2,1-3H3. The van der Waals surface area contributed by atoms with Crippen LogP contribution < -0.4 is 9.46 Å². The molecule has 0 aliphatic heterocycles. The van der Waals surface area contributed by atoms with Crippen LogP contribution in [0.5, 0.6) is 5.75 Å². The lowest BCUT2D eigenvalue weighted by Crippen LogP contribution is -2.44. The van der Waals surface area contributed by atoms with Crippen LogP contribution in [-0.2, 0) is 26.2 Å². The summed E-state index contributed by atoms with van der Waals surface area (Å²) in [5, 5.41) is 8.99. The first-order valence-corrected chi connectivity index (χ1v) is 12.1. The summed E-state index contributed by atoms with van der Waals surface area (Å²) in [7, 11) is -2.67. The molecule has 0 fully saturated rings. The van der Waals surface area contributed by atoms with Gasteiger partial charge in [-0.1, -0.05) is 50.2 Å². The van der Waals surface area contributed by atoms with Crippen molar-refractivity contribution in [3.63, 3.8) is 0 Å². The molecule has 0 aliphatic rings. The Morgan fingerprint density at radius 1 is 1.00 bits per heavy atom. The Labute approximate surface area is 200 Å². The summed E-state index contributed by atoms with van der Waals surface area (Å²) in [4.78, 5) is 12.0. The highest BCUT2D eigenvalue weighted by molar-refractivity contribution is 7.89. The maximum Gasteiger partial charge on any atom is 0.324 e. The van der Waals surface area contributed by atoms with E-state index in [1.807, 2.05) is 36.4 Å². The van der Waals surface area contributed by atoms with Gasteiger partial charge >= 0.3 is 5.97 Å². The second kappa shape index (κ2) is 11.0. The minimum absolute atomic E-state index is 0.0605. The largest absolute Gasteiger partial charge is 0.489 e. The SMILES string of the molecule is COC(=O)C(NS(=O)(=O)c1ccc(-c2ccc(OCc3cccc(C#N)c3)cc2)cc1)C(C)C. The minimum atomic E-state index is -3.90. The normalized spacial score (nSPS) is 12.1. The monoisotopic (exact) mass is 478 g/mol. The molecule has 0 saturated carbocycles. The second-order valence-electron chi connectivity index (χ2n) is 8.02. The fourth-order valence-corrected chi connectivity index (χ4v) is 4.62. The number of hydrogen-bond donors (Lipinski definition) is 1. The van der Waals surface area contributed by atoms with Gasteiger partial charge in [-0.05, 0) is 59.0 Å². The van der Waals surface area contributed by atoms with Crippen molar-refractivity contribution in [1.82, 2.24) is 4.72 Å². The van der Waals surface area contributed by atoms with Gasteiger partial charge in [-0.25, -0.2) is 8.42 Å². The van der Waals surface area contributed by atoms with Crippen LogP contribution in [0.1, 0.15) is 25.0 Å². The van der Waals surface area contributed by atoms with E-state index in [-0.39, 0.29) is 10.8 Å². The van der Waals surface area contributed by atoms with Crippen LogP contribution in [-0.4, -0.2) is 27.5 Å². The topological polar surface area (TPSA) is 105 Å². The Hall–Kier alpha value is -3.67. The smallest absolute Gasteiger partial charge is 0.324 e. The predicted octanol–water partition coefficient (Wildman–Crippen LogP) is 4.28. The Balaban J connectivity index is 1.68. The van der Waals surface area contributed by atoms with Crippen LogP contribution in [0.2, 0.25) is 0 Å². The lowest BCUT2D eigenvalue weighted by molar-refractivity contribution is -0.143. The number of ether oxygens (including phenoxy) is 2. The lowest BCUT2D eigenvalue weighted by atomic mass is 10.1. The molecule has 0 saturated heterocycles. The summed E-state index contributed by atoms with van der Waals surface area (Å²) >= 11 is 0. The number of sulfonamides is 1. The third-order valence-electron chi connectivity index (χ3n) is 5.22. The van der Waals surface area contributed by atoms with Gasteiger partial charge in [-0.2, -0.15) is 9.98 Å². The van der Waals surface area contributed by atoms with Crippen molar-refractivity contribution in [2.75, 3.05) is 7.11 Å². The zero-order valence-corrected chi connectivity index (χ0v) is 20.0. The summed E-state index contributed by atoms with van der Waals surface area (Å²) in [6.45, 7) is 3.82. The van der Waals surface area contributed by atoms with Gasteiger partial charge in [0.1, 0.15) is 18.4 Å². The first-order chi connectivity index (χ1) is 16.2. The molecule has 0 amide bonds. The Morgan fingerprint density at radius 2 is 1.62 bits per heavy atom.